The Balaban J connectivity index is 3.02. The maximum Gasteiger partial charge on any atom is 0.0698 e. The van der Waals surface area contributed by atoms with Gasteiger partial charge in [-0.2, -0.15) is 0 Å². The molecule has 0 radical (unpaired) electrons. The average Bonchev–Trinajstić information content (AvgIpc) is 2.03. The highest BCUT2D eigenvalue weighted by atomic mass is 35.5. The lowest BCUT2D eigenvalue weighted by atomic mass is 10.1. The van der Waals surface area contributed by atoms with Gasteiger partial charge >= 0.3 is 0 Å². The van der Waals surface area contributed by atoms with Crippen molar-refractivity contribution < 1.29 is 5.11 Å². The van der Waals surface area contributed by atoms with Crippen LogP contribution < -0.4 is 0 Å². The van der Waals surface area contributed by atoms with E-state index >= 15 is 0 Å². The molecule has 1 aromatic rings. The van der Waals surface area contributed by atoms with E-state index in [0.29, 0.717) is 0 Å². The lowest BCUT2D eigenvalue weighted by Gasteiger charge is -2.05. The van der Waals surface area contributed by atoms with Crippen LogP contribution in [0.4, 0.5) is 0 Å². The first kappa shape index (κ1) is 10.3. The van der Waals surface area contributed by atoms with E-state index in [2.05, 4.69) is 0 Å². The third kappa shape index (κ3) is 2.87. The molecular weight excluding hydrogens is 184 g/mol. The van der Waals surface area contributed by atoms with E-state index < -0.39 is 6.10 Å². The molecule has 1 N–H and O–H groups in total. The summed E-state index contributed by atoms with van der Waals surface area (Å²) < 4.78 is 0. The van der Waals surface area contributed by atoms with Crippen LogP contribution in [0.2, 0.25) is 5.02 Å². The van der Waals surface area contributed by atoms with Crippen LogP contribution in [0.15, 0.2) is 30.3 Å². The minimum absolute atomic E-state index is 0.434. The quantitative estimate of drug-likeness (QED) is 0.771. The van der Waals surface area contributed by atoms with Gasteiger partial charge in [-0.25, -0.2) is 0 Å². The van der Waals surface area contributed by atoms with Gasteiger partial charge in [0.05, 0.1) is 6.10 Å². The molecule has 0 saturated heterocycles. The Morgan fingerprint density at radius 2 is 2.08 bits per heavy atom. The highest BCUT2D eigenvalue weighted by Gasteiger charge is 2.01. The molecule has 1 atom stereocenters. The van der Waals surface area contributed by atoms with Gasteiger partial charge in [0.15, 0.2) is 0 Å². The molecule has 0 fully saturated rings. The van der Waals surface area contributed by atoms with Crippen LogP contribution in [0.1, 0.15) is 19.4 Å². The molecule has 1 rings (SSSR count). The van der Waals surface area contributed by atoms with Crippen LogP contribution in [-0.4, -0.2) is 11.2 Å². The largest absolute Gasteiger partial charge is 0.389 e. The number of benzene rings is 1. The fourth-order valence-electron chi connectivity index (χ4n) is 1.23. The van der Waals surface area contributed by atoms with Crippen molar-refractivity contribution in [2.45, 2.75) is 20.0 Å². The number of hydrogen-bond acceptors (Lipinski definition) is 1. The van der Waals surface area contributed by atoms with Crippen LogP contribution in [0, 0.1) is 0 Å². The van der Waals surface area contributed by atoms with Crippen molar-refractivity contribution in [3.8, 4) is 0 Å². The van der Waals surface area contributed by atoms with E-state index in [-0.39, 0.29) is 0 Å². The smallest absolute Gasteiger partial charge is 0.0698 e. The Labute approximate surface area is 83.7 Å². The van der Waals surface area contributed by atoms with Crippen LogP contribution in [0.5, 0.6) is 0 Å². The average molecular weight is 197 g/mol. The van der Waals surface area contributed by atoms with E-state index in [1.807, 2.05) is 31.2 Å². The number of aliphatic hydroxyl groups is 1. The first-order valence-electron chi connectivity index (χ1n) is 4.22. The standard InChI is InChI=1S/C11H13ClO/c1-8(7-9(2)13)10-5-3-4-6-11(10)12/h3-7,9,13H,1-2H3/b8-7-. The third-order valence-corrected chi connectivity index (χ3v) is 2.12. The fraction of sp³-hybridized carbons (Fsp3) is 0.273. The Morgan fingerprint density at radius 3 is 2.62 bits per heavy atom. The van der Waals surface area contributed by atoms with E-state index in [0.717, 1.165) is 16.2 Å². The minimum Gasteiger partial charge on any atom is -0.389 e. The molecule has 2 heteroatoms. The second kappa shape index (κ2) is 4.45. The number of aliphatic hydroxyl groups excluding tert-OH is 1. The Bertz CT molecular complexity index is 316. The maximum atomic E-state index is 9.16. The predicted molar refractivity (Wildman–Crippen MR) is 56.8 cm³/mol. The van der Waals surface area contributed by atoms with Crippen LogP contribution in [0.25, 0.3) is 5.57 Å². The summed E-state index contributed by atoms with van der Waals surface area (Å²) in [7, 11) is 0. The highest BCUT2D eigenvalue weighted by molar-refractivity contribution is 6.32. The van der Waals surface area contributed by atoms with Gasteiger partial charge in [0.2, 0.25) is 0 Å². The lowest BCUT2D eigenvalue weighted by molar-refractivity contribution is 0.244. The lowest BCUT2D eigenvalue weighted by Crippen LogP contribution is -1.94. The monoisotopic (exact) mass is 196 g/mol. The molecule has 0 aromatic heterocycles. The molecule has 70 valence electrons. The van der Waals surface area contributed by atoms with Crippen molar-refractivity contribution >= 4 is 17.2 Å². The van der Waals surface area contributed by atoms with Gasteiger partial charge in [0.25, 0.3) is 0 Å². The summed E-state index contributed by atoms with van der Waals surface area (Å²) in [6.07, 6.45) is 1.34. The molecule has 0 heterocycles. The first-order valence-corrected chi connectivity index (χ1v) is 4.60. The summed E-state index contributed by atoms with van der Waals surface area (Å²) in [5.41, 5.74) is 1.98. The Hall–Kier alpha value is -0.790. The normalized spacial score (nSPS) is 14.3. The Kier molecular flexibility index (Phi) is 3.52. The van der Waals surface area contributed by atoms with Crippen molar-refractivity contribution in [3.63, 3.8) is 0 Å². The van der Waals surface area contributed by atoms with Gasteiger partial charge in [0, 0.05) is 5.02 Å². The molecule has 1 nitrogen and oxygen atoms in total. The van der Waals surface area contributed by atoms with Crippen molar-refractivity contribution in [1.29, 1.82) is 0 Å². The summed E-state index contributed by atoms with van der Waals surface area (Å²) in [5, 5.41) is 9.87. The van der Waals surface area contributed by atoms with Gasteiger partial charge < -0.3 is 5.11 Å². The van der Waals surface area contributed by atoms with Crippen molar-refractivity contribution in [1.82, 2.24) is 0 Å². The van der Waals surface area contributed by atoms with E-state index in [1.54, 1.807) is 13.0 Å². The highest BCUT2D eigenvalue weighted by Crippen LogP contribution is 2.23. The van der Waals surface area contributed by atoms with Crippen LogP contribution >= 0.6 is 11.6 Å². The molecule has 0 aliphatic carbocycles. The van der Waals surface area contributed by atoms with Gasteiger partial charge in [-0.05, 0) is 31.1 Å². The minimum atomic E-state index is -0.434. The molecular formula is C11H13ClO. The number of hydrogen-bond donors (Lipinski definition) is 1. The number of allylic oxidation sites excluding steroid dienone is 1. The Morgan fingerprint density at radius 1 is 1.46 bits per heavy atom. The summed E-state index contributed by atoms with van der Waals surface area (Å²) >= 11 is 5.98. The topological polar surface area (TPSA) is 20.2 Å². The third-order valence-electron chi connectivity index (χ3n) is 1.79. The van der Waals surface area contributed by atoms with E-state index in [9.17, 15) is 0 Å². The molecule has 0 bridgehead atoms. The second-order valence-corrected chi connectivity index (χ2v) is 3.48. The van der Waals surface area contributed by atoms with Crippen molar-refractivity contribution in [2.24, 2.45) is 0 Å². The molecule has 13 heavy (non-hydrogen) atoms. The van der Waals surface area contributed by atoms with Gasteiger partial charge in [-0.1, -0.05) is 35.9 Å². The molecule has 1 unspecified atom stereocenters. The molecule has 1 aromatic carbocycles. The van der Waals surface area contributed by atoms with E-state index in [1.165, 1.54) is 0 Å². The van der Waals surface area contributed by atoms with Crippen molar-refractivity contribution in [3.05, 3.63) is 40.9 Å². The first-order chi connectivity index (χ1) is 6.11. The van der Waals surface area contributed by atoms with Crippen LogP contribution in [-0.2, 0) is 0 Å². The molecule has 0 amide bonds. The zero-order valence-electron chi connectivity index (χ0n) is 7.79. The molecule has 0 aliphatic heterocycles. The summed E-state index contributed by atoms with van der Waals surface area (Å²) in [6, 6.07) is 7.61. The van der Waals surface area contributed by atoms with Gasteiger partial charge in [-0.15, -0.1) is 0 Å². The summed E-state index contributed by atoms with van der Waals surface area (Å²) in [5.74, 6) is 0. The number of halogens is 1. The van der Waals surface area contributed by atoms with Crippen LogP contribution in [0.3, 0.4) is 0 Å². The maximum absolute atomic E-state index is 9.16. The molecule has 0 aliphatic rings. The summed E-state index contributed by atoms with van der Waals surface area (Å²) in [4.78, 5) is 0. The predicted octanol–water partition coefficient (Wildman–Crippen LogP) is 3.12. The number of rotatable bonds is 2. The zero-order valence-corrected chi connectivity index (χ0v) is 8.55. The van der Waals surface area contributed by atoms with Gasteiger partial charge in [-0.3, -0.25) is 0 Å². The molecule has 0 spiro atoms. The second-order valence-electron chi connectivity index (χ2n) is 3.07. The van der Waals surface area contributed by atoms with E-state index in [4.69, 9.17) is 16.7 Å². The van der Waals surface area contributed by atoms with Gasteiger partial charge in [0.1, 0.15) is 0 Å². The zero-order chi connectivity index (χ0) is 9.84. The molecule has 0 saturated carbocycles. The fourth-order valence-corrected chi connectivity index (χ4v) is 1.52. The summed E-state index contributed by atoms with van der Waals surface area (Å²) in [6.45, 7) is 3.66. The SMILES string of the molecule is C/C(=C/C(C)O)c1ccccc1Cl. The van der Waals surface area contributed by atoms with Crippen molar-refractivity contribution in [2.75, 3.05) is 0 Å².